The number of furan rings is 1. The van der Waals surface area contributed by atoms with Crippen LogP contribution in [0, 0.1) is 22.7 Å². The Morgan fingerprint density at radius 3 is 2.66 bits per heavy atom. The van der Waals surface area contributed by atoms with Crippen LogP contribution in [0.3, 0.4) is 0 Å². The zero-order valence-corrected chi connectivity index (χ0v) is 20.6. The summed E-state index contributed by atoms with van der Waals surface area (Å²) in [6.45, 7) is 12.7. The van der Waals surface area contributed by atoms with Gasteiger partial charge in [0.1, 0.15) is 6.54 Å². The molecule has 0 spiro atoms. The van der Waals surface area contributed by atoms with E-state index in [4.69, 9.17) is 9.15 Å². The molecule has 4 nitrogen and oxygen atoms in total. The van der Waals surface area contributed by atoms with Gasteiger partial charge in [0.15, 0.2) is 5.76 Å². The Bertz CT molecular complexity index is 805. The van der Waals surface area contributed by atoms with Gasteiger partial charge in [-0.2, -0.15) is 0 Å². The molecule has 1 aromatic heterocycles. The lowest BCUT2D eigenvalue weighted by Crippen LogP contribution is -3.10. The highest BCUT2D eigenvalue weighted by Crippen LogP contribution is 2.62. The fourth-order valence-electron chi connectivity index (χ4n) is 7.64. The van der Waals surface area contributed by atoms with Crippen molar-refractivity contribution in [3.8, 4) is 0 Å². The van der Waals surface area contributed by atoms with Gasteiger partial charge in [0.25, 0.3) is 0 Å². The second kappa shape index (κ2) is 9.75. The van der Waals surface area contributed by atoms with E-state index in [1.54, 1.807) is 12.0 Å². The molecule has 0 aromatic carbocycles. The Kier molecular flexibility index (Phi) is 7.19. The number of hydrogen-bond acceptors (Lipinski definition) is 3. The monoisotopic (exact) mass is 442 g/mol. The number of likely N-dealkylation sites (tertiary alicyclic amines) is 1. The van der Waals surface area contributed by atoms with Crippen LogP contribution >= 0.6 is 0 Å². The van der Waals surface area contributed by atoms with Gasteiger partial charge in [0.2, 0.25) is 0 Å². The first-order valence-electron chi connectivity index (χ1n) is 13.0. The van der Waals surface area contributed by atoms with Gasteiger partial charge in [-0.05, 0) is 100 Å². The molecule has 32 heavy (non-hydrogen) atoms. The summed E-state index contributed by atoms with van der Waals surface area (Å²) in [5.41, 5.74) is 2.53. The maximum atomic E-state index is 12.8. The van der Waals surface area contributed by atoms with Crippen molar-refractivity contribution >= 4 is 5.97 Å². The van der Waals surface area contributed by atoms with Crippen molar-refractivity contribution in [1.82, 2.24) is 0 Å². The largest absolute Gasteiger partial charge is 0.469 e. The topological polar surface area (TPSA) is 43.9 Å². The summed E-state index contributed by atoms with van der Waals surface area (Å²) in [7, 11) is 1.55. The van der Waals surface area contributed by atoms with Gasteiger partial charge in [-0.1, -0.05) is 25.5 Å². The normalized spacial score (nSPS) is 34.0. The standard InChI is InChI=1S/C28H43NO3/c1-21-10-13-25-27(2,15-9-16-28(25,3)26(30)31-4)23(21)12-11-22-14-19-32-24(22)20-29-17-7-5-6-8-18-29/h14,19,23,25H,1,5-13,15-18,20H2,2-4H3/p+1/t23-,25+,27+,28-/m0/s1. The molecule has 2 saturated carbocycles. The molecule has 3 aliphatic rings. The number of carbonyl (C=O) groups is 1. The quantitative estimate of drug-likeness (QED) is 0.491. The fourth-order valence-corrected chi connectivity index (χ4v) is 7.64. The molecule has 4 atom stereocenters. The maximum Gasteiger partial charge on any atom is 0.311 e. The highest BCUT2D eigenvalue weighted by atomic mass is 16.5. The number of esters is 1. The van der Waals surface area contributed by atoms with E-state index in [0.717, 1.165) is 45.1 Å². The molecule has 3 fully saturated rings. The number of rotatable bonds is 6. The zero-order valence-electron chi connectivity index (χ0n) is 20.6. The van der Waals surface area contributed by atoms with Gasteiger partial charge in [-0.15, -0.1) is 0 Å². The molecule has 4 heteroatoms. The van der Waals surface area contributed by atoms with Crippen LogP contribution in [0.25, 0.3) is 0 Å². The number of hydrogen-bond donors (Lipinski definition) is 1. The number of aryl methyl sites for hydroxylation is 1. The first kappa shape index (κ1) is 23.6. The highest BCUT2D eigenvalue weighted by Gasteiger charge is 2.57. The molecule has 0 bridgehead atoms. The van der Waals surface area contributed by atoms with Crippen molar-refractivity contribution in [1.29, 1.82) is 0 Å². The van der Waals surface area contributed by atoms with E-state index >= 15 is 0 Å². The summed E-state index contributed by atoms with van der Waals surface area (Å²) in [6.07, 6.45) is 14.8. The van der Waals surface area contributed by atoms with Gasteiger partial charge in [0.05, 0.1) is 31.9 Å². The number of ether oxygens (including phenoxy) is 1. The third-order valence-corrected chi connectivity index (χ3v) is 9.43. The van der Waals surface area contributed by atoms with Crippen LogP contribution in [0.5, 0.6) is 0 Å². The molecule has 0 unspecified atom stereocenters. The van der Waals surface area contributed by atoms with Crippen molar-refractivity contribution < 1.29 is 18.8 Å². The third-order valence-electron chi connectivity index (χ3n) is 9.43. The number of methoxy groups -OCH3 is 1. The first-order valence-corrected chi connectivity index (χ1v) is 13.0. The molecular weight excluding hydrogens is 398 g/mol. The van der Waals surface area contributed by atoms with E-state index in [9.17, 15) is 4.79 Å². The van der Waals surface area contributed by atoms with Crippen LogP contribution in [-0.4, -0.2) is 26.2 Å². The zero-order chi connectivity index (χ0) is 22.8. The fraction of sp³-hybridized carbons (Fsp3) is 0.750. The molecule has 0 amide bonds. The minimum absolute atomic E-state index is 0.0165. The summed E-state index contributed by atoms with van der Waals surface area (Å²) in [4.78, 5) is 14.5. The van der Waals surface area contributed by atoms with Crippen LogP contribution in [0.1, 0.15) is 89.4 Å². The molecule has 0 radical (unpaired) electrons. The molecule has 4 rings (SSSR count). The molecule has 178 valence electrons. The van der Waals surface area contributed by atoms with Crippen molar-refractivity contribution in [3.63, 3.8) is 0 Å². The SMILES string of the molecule is C=C1CC[C@@H]2[C@](C)(CCC[C@]2(C)C(=O)OC)[C@H]1CCc1ccoc1C[NH+]1CCCCCC1. The van der Waals surface area contributed by atoms with Gasteiger partial charge in [0, 0.05) is 0 Å². The van der Waals surface area contributed by atoms with Gasteiger partial charge in [-0.3, -0.25) is 4.79 Å². The lowest BCUT2D eigenvalue weighted by Gasteiger charge is -2.57. The van der Waals surface area contributed by atoms with Crippen LogP contribution in [0.4, 0.5) is 0 Å². The van der Waals surface area contributed by atoms with Gasteiger partial charge in [-0.25, -0.2) is 0 Å². The Morgan fingerprint density at radius 1 is 1.19 bits per heavy atom. The van der Waals surface area contributed by atoms with Crippen molar-refractivity contribution in [2.24, 2.45) is 22.7 Å². The Morgan fingerprint density at radius 2 is 1.94 bits per heavy atom. The minimum atomic E-state index is -0.363. The van der Waals surface area contributed by atoms with Crippen LogP contribution in [0.2, 0.25) is 0 Å². The molecule has 1 aromatic rings. The van der Waals surface area contributed by atoms with Gasteiger partial charge < -0.3 is 14.1 Å². The number of allylic oxidation sites excluding steroid dienone is 1. The molecule has 1 N–H and O–H groups in total. The summed E-state index contributed by atoms with van der Waals surface area (Å²) >= 11 is 0. The third kappa shape index (κ3) is 4.44. The molecule has 1 aliphatic heterocycles. The molecular formula is C28H44NO3+. The second-order valence-corrected chi connectivity index (χ2v) is 11.3. The Hall–Kier alpha value is -1.55. The van der Waals surface area contributed by atoms with E-state index in [1.165, 1.54) is 62.1 Å². The van der Waals surface area contributed by atoms with Crippen LogP contribution < -0.4 is 4.90 Å². The molecule has 2 heterocycles. The smallest absolute Gasteiger partial charge is 0.311 e. The van der Waals surface area contributed by atoms with Crippen molar-refractivity contribution in [2.45, 2.75) is 91.0 Å². The second-order valence-electron chi connectivity index (χ2n) is 11.3. The number of quaternary nitrogens is 1. The first-order chi connectivity index (χ1) is 15.4. The van der Waals surface area contributed by atoms with E-state index in [1.807, 2.05) is 6.26 Å². The predicted molar refractivity (Wildman–Crippen MR) is 127 cm³/mol. The predicted octanol–water partition coefficient (Wildman–Crippen LogP) is 5.12. The molecule has 2 aliphatic carbocycles. The summed E-state index contributed by atoms with van der Waals surface area (Å²) in [5.74, 6) is 2.00. The van der Waals surface area contributed by atoms with Crippen molar-refractivity contribution in [2.75, 3.05) is 20.2 Å². The summed E-state index contributed by atoms with van der Waals surface area (Å²) in [5, 5.41) is 0. The average molecular weight is 443 g/mol. The van der Waals surface area contributed by atoms with E-state index < -0.39 is 0 Å². The average Bonchev–Trinajstić information content (AvgIpc) is 3.04. The highest BCUT2D eigenvalue weighted by molar-refractivity contribution is 5.77. The number of nitrogens with one attached hydrogen (secondary N) is 1. The Labute approximate surface area is 194 Å². The summed E-state index contributed by atoms with van der Waals surface area (Å²) < 4.78 is 11.3. The van der Waals surface area contributed by atoms with E-state index in [-0.39, 0.29) is 16.8 Å². The lowest BCUT2D eigenvalue weighted by molar-refractivity contribution is -0.914. The van der Waals surface area contributed by atoms with Crippen LogP contribution in [0.15, 0.2) is 28.9 Å². The van der Waals surface area contributed by atoms with Gasteiger partial charge >= 0.3 is 5.97 Å². The van der Waals surface area contributed by atoms with Crippen LogP contribution in [-0.2, 0) is 22.5 Å². The van der Waals surface area contributed by atoms with E-state index in [0.29, 0.717) is 11.8 Å². The number of fused-ring (bicyclic) bond motifs is 1. The lowest BCUT2D eigenvalue weighted by atomic mass is 9.46. The molecule has 1 saturated heterocycles. The Balaban J connectivity index is 1.48. The number of carbonyl (C=O) groups excluding carboxylic acids is 1. The van der Waals surface area contributed by atoms with Crippen molar-refractivity contribution in [3.05, 3.63) is 35.8 Å². The minimum Gasteiger partial charge on any atom is -0.469 e. The maximum absolute atomic E-state index is 12.8. The van der Waals surface area contributed by atoms with E-state index in [2.05, 4.69) is 26.5 Å². The summed E-state index contributed by atoms with van der Waals surface area (Å²) in [6, 6.07) is 2.19.